The van der Waals surface area contributed by atoms with Gasteiger partial charge in [-0.25, -0.2) is 9.97 Å². The fourth-order valence-electron chi connectivity index (χ4n) is 2.39. The summed E-state index contributed by atoms with van der Waals surface area (Å²) in [5.41, 5.74) is -0.237. The van der Waals surface area contributed by atoms with Gasteiger partial charge in [-0.2, -0.15) is 0 Å². The van der Waals surface area contributed by atoms with Gasteiger partial charge in [0.25, 0.3) is 5.91 Å². The van der Waals surface area contributed by atoms with Gasteiger partial charge in [0.1, 0.15) is 17.1 Å². The number of rotatable bonds is 3. The number of hydrogen-bond acceptors (Lipinski definition) is 4. The maximum absolute atomic E-state index is 11.8. The van der Waals surface area contributed by atoms with Gasteiger partial charge in [0, 0.05) is 13.0 Å². The van der Waals surface area contributed by atoms with Gasteiger partial charge in [0.15, 0.2) is 0 Å². The second-order valence-corrected chi connectivity index (χ2v) is 5.62. The van der Waals surface area contributed by atoms with Gasteiger partial charge in [0.05, 0.1) is 5.69 Å². The lowest BCUT2D eigenvalue weighted by Gasteiger charge is -2.19. The highest BCUT2D eigenvalue weighted by Gasteiger charge is 2.26. The maximum Gasteiger partial charge on any atom is 0.269 e. The average molecular weight is 263 g/mol. The lowest BCUT2D eigenvalue weighted by Crippen LogP contribution is -2.25. The first-order valence-electron chi connectivity index (χ1n) is 6.75. The lowest BCUT2D eigenvalue weighted by molar-refractivity contribution is 0.0731. The predicted molar refractivity (Wildman–Crippen MR) is 71.9 cm³/mol. The highest BCUT2D eigenvalue weighted by molar-refractivity contribution is 5.92. The van der Waals surface area contributed by atoms with Crippen LogP contribution < -0.4 is 5.32 Å². The Bertz CT molecular complexity index is 474. The molecule has 2 rings (SSSR count). The standard InChI is InChI=1S/C14H21N3O2/c1-14(2,19)11-8-10(13(18)15-3)16-12(17-11)9-6-4-5-7-9/h8-9,19H,4-7H2,1-3H3,(H,15,18). The molecule has 0 unspecified atom stereocenters. The first kappa shape index (κ1) is 13.9. The third-order valence-corrected chi connectivity index (χ3v) is 3.55. The quantitative estimate of drug-likeness (QED) is 0.870. The van der Waals surface area contributed by atoms with Crippen molar-refractivity contribution in [2.45, 2.75) is 51.0 Å². The fourth-order valence-corrected chi connectivity index (χ4v) is 2.39. The molecule has 0 saturated heterocycles. The number of amides is 1. The molecule has 0 radical (unpaired) electrons. The number of nitrogens with zero attached hydrogens (tertiary/aromatic N) is 2. The van der Waals surface area contributed by atoms with Crippen LogP contribution in [-0.2, 0) is 5.60 Å². The normalized spacial score (nSPS) is 16.6. The summed E-state index contributed by atoms with van der Waals surface area (Å²) in [6, 6.07) is 1.57. The molecule has 5 nitrogen and oxygen atoms in total. The van der Waals surface area contributed by atoms with Crippen LogP contribution in [0.1, 0.15) is 67.5 Å². The SMILES string of the molecule is CNC(=O)c1cc(C(C)(C)O)nc(C2CCCC2)n1. The van der Waals surface area contributed by atoms with Gasteiger partial charge in [-0.15, -0.1) is 0 Å². The molecule has 1 saturated carbocycles. The molecule has 1 aromatic rings. The van der Waals surface area contributed by atoms with Crippen LogP contribution in [0, 0.1) is 0 Å². The van der Waals surface area contributed by atoms with E-state index >= 15 is 0 Å². The van der Waals surface area contributed by atoms with Crippen LogP contribution in [0.4, 0.5) is 0 Å². The van der Waals surface area contributed by atoms with E-state index in [4.69, 9.17) is 0 Å². The van der Waals surface area contributed by atoms with Gasteiger partial charge in [-0.05, 0) is 32.8 Å². The first-order chi connectivity index (χ1) is 8.91. The van der Waals surface area contributed by atoms with Crippen molar-refractivity contribution in [2.75, 3.05) is 7.05 Å². The summed E-state index contributed by atoms with van der Waals surface area (Å²) in [5, 5.41) is 12.7. The topological polar surface area (TPSA) is 75.1 Å². The minimum Gasteiger partial charge on any atom is -0.384 e. The molecule has 1 heterocycles. The summed E-state index contributed by atoms with van der Waals surface area (Å²) in [5.74, 6) is 0.758. The Balaban J connectivity index is 2.45. The summed E-state index contributed by atoms with van der Waals surface area (Å²) < 4.78 is 0. The Morgan fingerprint density at radius 3 is 2.53 bits per heavy atom. The number of carbonyl (C=O) groups excluding carboxylic acids is 1. The summed E-state index contributed by atoms with van der Waals surface area (Å²) >= 11 is 0. The van der Waals surface area contributed by atoms with E-state index in [2.05, 4.69) is 15.3 Å². The molecule has 1 aliphatic carbocycles. The van der Waals surface area contributed by atoms with Gasteiger partial charge in [0.2, 0.25) is 0 Å². The van der Waals surface area contributed by atoms with Gasteiger partial charge < -0.3 is 10.4 Å². The monoisotopic (exact) mass is 263 g/mol. The largest absolute Gasteiger partial charge is 0.384 e. The Hall–Kier alpha value is -1.49. The summed E-state index contributed by atoms with van der Waals surface area (Å²) in [4.78, 5) is 20.6. The molecule has 5 heteroatoms. The van der Waals surface area contributed by atoms with Gasteiger partial charge >= 0.3 is 0 Å². The maximum atomic E-state index is 11.8. The van der Waals surface area contributed by atoms with E-state index in [-0.39, 0.29) is 5.91 Å². The van der Waals surface area contributed by atoms with Crippen LogP contribution in [-0.4, -0.2) is 28.0 Å². The number of hydrogen-bond donors (Lipinski definition) is 2. The highest BCUT2D eigenvalue weighted by Crippen LogP contribution is 2.33. The second-order valence-electron chi connectivity index (χ2n) is 5.62. The zero-order valence-corrected chi connectivity index (χ0v) is 11.7. The van der Waals surface area contributed by atoms with Crippen molar-refractivity contribution in [1.82, 2.24) is 15.3 Å². The molecule has 2 N–H and O–H groups in total. The van der Waals surface area contributed by atoms with Crippen LogP contribution in [0.15, 0.2) is 6.07 Å². The van der Waals surface area contributed by atoms with E-state index in [1.54, 1.807) is 27.0 Å². The molecule has 1 amide bonds. The van der Waals surface area contributed by atoms with Crippen molar-refractivity contribution < 1.29 is 9.90 Å². The molecule has 1 aliphatic rings. The molecule has 1 aromatic heterocycles. The summed E-state index contributed by atoms with van der Waals surface area (Å²) in [6.07, 6.45) is 4.47. The Labute approximate surface area is 113 Å². The van der Waals surface area contributed by atoms with Gasteiger partial charge in [-0.3, -0.25) is 4.79 Å². The number of carbonyl (C=O) groups is 1. The number of aromatic nitrogens is 2. The van der Waals surface area contributed by atoms with Crippen LogP contribution in [0.3, 0.4) is 0 Å². The molecule has 0 aliphatic heterocycles. The first-order valence-corrected chi connectivity index (χ1v) is 6.75. The van der Waals surface area contributed by atoms with E-state index < -0.39 is 5.60 Å². The molecular weight excluding hydrogens is 242 g/mol. The third-order valence-electron chi connectivity index (χ3n) is 3.55. The molecule has 0 spiro atoms. The molecule has 19 heavy (non-hydrogen) atoms. The lowest BCUT2D eigenvalue weighted by atomic mass is 10.0. The molecule has 0 aromatic carbocycles. The molecule has 0 bridgehead atoms. The van der Waals surface area contributed by atoms with Crippen molar-refractivity contribution in [1.29, 1.82) is 0 Å². The molecule has 0 atom stereocenters. The Morgan fingerprint density at radius 1 is 1.37 bits per heavy atom. The van der Waals surface area contributed by atoms with E-state index in [0.717, 1.165) is 12.8 Å². The van der Waals surface area contributed by atoms with Crippen LogP contribution in [0.2, 0.25) is 0 Å². The minimum absolute atomic E-state index is 0.243. The predicted octanol–water partition coefficient (Wildman–Crippen LogP) is 1.72. The van der Waals surface area contributed by atoms with Crippen molar-refractivity contribution >= 4 is 5.91 Å². The fraction of sp³-hybridized carbons (Fsp3) is 0.643. The molecule has 104 valence electrons. The number of nitrogens with one attached hydrogen (secondary N) is 1. The Kier molecular flexibility index (Phi) is 3.85. The van der Waals surface area contributed by atoms with Crippen molar-refractivity contribution in [3.05, 3.63) is 23.3 Å². The van der Waals surface area contributed by atoms with Crippen molar-refractivity contribution in [3.8, 4) is 0 Å². The highest BCUT2D eigenvalue weighted by atomic mass is 16.3. The Morgan fingerprint density at radius 2 is 2.00 bits per heavy atom. The molecular formula is C14H21N3O2. The summed E-state index contributed by atoms with van der Waals surface area (Å²) in [6.45, 7) is 3.34. The van der Waals surface area contributed by atoms with Crippen molar-refractivity contribution in [2.24, 2.45) is 0 Å². The number of aliphatic hydroxyl groups is 1. The van der Waals surface area contributed by atoms with Gasteiger partial charge in [-0.1, -0.05) is 12.8 Å². The summed E-state index contributed by atoms with van der Waals surface area (Å²) in [7, 11) is 1.57. The smallest absolute Gasteiger partial charge is 0.269 e. The zero-order valence-electron chi connectivity index (χ0n) is 11.7. The van der Waals surface area contributed by atoms with Crippen molar-refractivity contribution in [3.63, 3.8) is 0 Å². The third kappa shape index (κ3) is 3.10. The van der Waals surface area contributed by atoms with Crippen LogP contribution in [0.25, 0.3) is 0 Å². The van der Waals surface area contributed by atoms with E-state index in [0.29, 0.717) is 23.1 Å². The molecule has 1 fully saturated rings. The van der Waals surface area contributed by atoms with Crippen LogP contribution in [0.5, 0.6) is 0 Å². The zero-order chi connectivity index (χ0) is 14.0. The van der Waals surface area contributed by atoms with E-state index in [1.807, 2.05) is 0 Å². The second kappa shape index (κ2) is 5.25. The van der Waals surface area contributed by atoms with E-state index in [9.17, 15) is 9.90 Å². The average Bonchev–Trinajstić information content (AvgIpc) is 2.90. The van der Waals surface area contributed by atoms with Crippen LogP contribution >= 0.6 is 0 Å². The van der Waals surface area contributed by atoms with E-state index in [1.165, 1.54) is 12.8 Å². The minimum atomic E-state index is -1.07.